The Hall–Kier alpha value is -3.02. The van der Waals surface area contributed by atoms with E-state index >= 15 is 0 Å². The minimum Gasteiger partial charge on any atom is -0.497 e. The fraction of sp³-hybridized carbons (Fsp3) is 0.333. The molecule has 3 aromatic carbocycles. The summed E-state index contributed by atoms with van der Waals surface area (Å²) >= 11 is 1.44. The number of rotatable bonds is 10. The number of methoxy groups -OCH3 is 1. The van der Waals surface area contributed by atoms with Gasteiger partial charge in [-0.1, -0.05) is 49.4 Å². The molecule has 0 saturated carbocycles. The maximum Gasteiger partial charge on any atom is 0.260 e. The SMILES string of the molecule is CCN(CC)CCN(C(=O)c1ccc(S(=O)(=O)N2CCc3ccccc3C2)cc1)c1nc2ccc(OC)cc2s1.Cl. The number of carbonyl (C=O) groups excluding carboxylic acids is 1. The minimum atomic E-state index is -3.69. The van der Waals surface area contributed by atoms with Crippen molar-refractivity contribution >= 4 is 55.0 Å². The van der Waals surface area contributed by atoms with Gasteiger partial charge in [0.15, 0.2) is 5.13 Å². The molecule has 0 radical (unpaired) electrons. The quantitative estimate of drug-likeness (QED) is 0.236. The maximum atomic E-state index is 13.8. The number of halogens is 1. The topological polar surface area (TPSA) is 83.1 Å². The van der Waals surface area contributed by atoms with Gasteiger partial charge in [-0.15, -0.1) is 12.4 Å². The maximum absolute atomic E-state index is 13.8. The Kier molecular flexibility index (Phi) is 10.0. The van der Waals surface area contributed by atoms with Crippen LogP contribution in [0.5, 0.6) is 5.75 Å². The Bertz CT molecular complexity index is 1600. The summed E-state index contributed by atoms with van der Waals surface area (Å²) in [7, 11) is -2.07. The van der Waals surface area contributed by atoms with Gasteiger partial charge in [-0.25, -0.2) is 13.4 Å². The van der Waals surface area contributed by atoms with Crippen LogP contribution in [0.3, 0.4) is 0 Å². The molecule has 0 aliphatic carbocycles. The van der Waals surface area contributed by atoms with Gasteiger partial charge in [0.1, 0.15) is 5.75 Å². The molecule has 0 spiro atoms. The third kappa shape index (κ3) is 6.57. The summed E-state index contributed by atoms with van der Waals surface area (Å²) in [4.78, 5) is 22.7. The average Bonchev–Trinajstić information content (AvgIpc) is 3.42. The second-order valence-corrected chi connectivity index (χ2v) is 12.6. The molecule has 0 saturated heterocycles. The molecule has 1 aliphatic rings. The highest BCUT2D eigenvalue weighted by molar-refractivity contribution is 7.89. The molecule has 11 heteroatoms. The lowest BCUT2D eigenvalue weighted by atomic mass is 10.0. The molecule has 8 nitrogen and oxygen atoms in total. The standard InChI is InChI=1S/C30H34N4O4S2.ClH/c1-4-32(5-2)18-19-34(30-31-27-15-12-25(38-3)20-28(27)39-30)29(35)23-10-13-26(14-11-23)40(36,37)33-17-16-22-8-6-7-9-24(22)21-33;/h6-15,20H,4-5,16-19,21H2,1-3H3;1H. The predicted molar refractivity (Wildman–Crippen MR) is 167 cm³/mol. The number of anilines is 1. The van der Waals surface area contributed by atoms with E-state index in [1.165, 1.54) is 33.3 Å². The third-order valence-electron chi connectivity index (χ3n) is 7.43. The van der Waals surface area contributed by atoms with Gasteiger partial charge in [0.2, 0.25) is 10.0 Å². The molecule has 5 rings (SSSR count). The number of thiazole rings is 1. The Balaban J connectivity index is 0.00000387. The number of ether oxygens (including phenoxy) is 1. The summed E-state index contributed by atoms with van der Waals surface area (Å²) in [5.74, 6) is 0.520. The van der Waals surface area contributed by atoms with Crippen molar-refractivity contribution in [3.05, 3.63) is 83.4 Å². The minimum absolute atomic E-state index is 0. The molecule has 0 bridgehead atoms. The number of hydrogen-bond acceptors (Lipinski definition) is 7. The van der Waals surface area contributed by atoms with Gasteiger partial charge >= 0.3 is 0 Å². The lowest BCUT2D eigenvalue weighted by molar-refractivity contribution is 0.0983. The van der Waals surface area contributed by atoms with Crippen molar-refractivity contribution in [2.45, 2.75) is 31.7 Å². The monoisotopic (exact) mass is 614 g/mol. The van der Waals surface area contributed by atoms with Gasteiger partial charge < -0.3 is 9.64 Å². The fourth-order valence-corrected chi connectivity index (χ4v) is 7.39. The molecule has 1 aliphatic heterocycles. The first-order chi connectivity index (χ1) is 19.3. The number of amides is 1. The van der Waals surface area contributed by atoms with Crippen LogP contribution in [0.2, 0.25) is 0 Å². The summed E-state index contributed by atoms with van der Waals surface area (Å²) in [6.07, 6.45) is 0.682. The molecule has 4 aromatic rings. The summed E-state index contributed by atoms with van der Waals surface area (Å²) in [5, 5.41) is 0.601. The molecular weight excluding hydrogens is 580 g/mol. The molecule has 2 heterocycles. The molecule has 41 heavy (non-hydrogen) atoms. The van der Waals surface area contributed by atoms with Gasteiger partial charge in [0, 0.05) is 31.7 Å². The number of nitrogens with zero attached hydrogens (tertiary/aromatic N) is 4. The highest BCUT2D eigenvalue weighted by Gasteiger charge is 2.29. The largest absolute Gasteiger partial charge is 0.497 e. The highest BCUT2D eigenvalue weighted by atomic mass is 35.5. The van der Waals surface area contributed by atoms with Crippen molar-refractivity contribution in [3.63, 3.8) is 0 Å². The van der Waals surface area contributed by atoms with E-state index < -0.39 is 10.0 Å². The van der Waals surface area contributed by atoms with Gasteiger partial charge in [-0.3, -0.25) is 9.69 Å². The molecule has 0 fully saturated rings. The number of sulfonamides is 1. The van der Waals surface area contributed by atoms with Crippen LogP contribution in [0, 0.1) is 0 Å². The second-order valence-electron chi connectivity index (χ2n) is 9.70. The summed E-state index contributed by atoms with van der Waals surface area (Å²) in [6.45, 7) is 7.89. The second kappa shape index (κ2) is 13.3. The van der Waals surface area contributed by atoms with Gasteiger partial charge in [0.05, 0.1) is 22.2 Å². The van der Waals surface area contributed by atoms with Crippen LogP contribution in [-0.2, 0) is 23.0 Å². The zero-order valence-electron chi connectivity index (χ0n) is 23.4. The van der Waals surface area contributed by atoms with E-state index in [0.717, 1.165) is 34.6 Å². The van der Waals surface area contributed by atoms with Crippen molar-refractivity contribution in [1.82, 2.24) is 14.2 Å². The summed E-state index contributed by atoms with van der Waals surface area (Å²) in [5.41, 5.74) is 3.43. The number of carbonyl (C=O) groups is 1. The normalized spacial score (nSPS) is 13.6. The smallest absolute Gasteiger partial charge is 0.260 e. The molecule has 1 aromatic heterocycles. The van der Waals surface area contributed by atoms with Crippen molar-refractivity contribution < 1.29 is 17.9 Å². The predicted octanol–water partition coefficient (Wildman–Crippen LogP) is 5.46. The fourth-order valence-electron chi connectivity index (χ4n) is 4.95. The zero-order chi connectivity index (χ0) is 28.3. The Labute approximate surface area is 252 Å². The van der Waals surface area contributed by atoms with Gasteiger partial charge in [0.25, 0.3) is 5.91 Å². The van der Waals surface area contributed by atoms with E-state index in [-0.39, 0.29) is 23.2 Å². The average molecular weight is 615 g/mol. The first-order valence-electron chi connectivity index (χ1n) is 13.5. The lowest BCUT2D eigenvalue weighted by Gasteiger charge is -2.28. The first kappa shape index (κ1) is 30.9. The molecule has 1 amide bonds. The van der Waals surface area contributed by atoms with E-state index in [9.17, 15) is 13.2 Å². The van der Waals surface area contributed by atoms with E-state index in [1.54, 1.807) is 24.1 Å². The first-order valence-corrected chi connectivity index (χ1v) is 15.8. The molecule has 218 valence electrons. The Morgan fingerprint density at radius 2 is 1.71 bits per heavy atom. The number of aromatic nitrogens is 1. The molecule has 0 atom stereocenters. The third-order valence-corrected chi connectivity index (χ3v) is 10.3. The number of fused-ring (bicyclic) bond motifs is 2. The highest BCUT2D eigenvalue weighted by Crippen LogP contribution is 2.32. The van der Waals surface area contributed by atoms with Crippen LogP contribution in [0.4, 0.5) is 5.13 Å². The van der Waals surface area contributed by atoms with Crippen molar-refractivity contribution in [3.8, 4) is 5.75 Å². The summed E-state index contributed by atoms with van der Waals surface area (Å²) in [6, 6.07) is 19.9. The van der Waals surface area contributed by atoms with Crippen LogP contribution in [0.1, 0.15) is 35.3 Å². The Morgan fingerprint density at radius 3 is 2.39 bits per heavy atom. The van der Waals surface area contributed by atoms with E-state index in [4.69, 9.17) is 9.72 Å². The molecular formula is C30H35ClN4O4S2. The number of hydrogen-bond donors (Lipinski definition) is 0. The van der Waals surface area contributed by atoms with Crippen molar-refractivity contribution in [2.24, 2.45) is 0 Å². The zero-order valence-corrected chi connectivity index (χ0v) is 25.9. The van der Waals surface area contributed by atoms with E-state index in [1.807, 2.05) is 42.5 Å². The molecule has 0 N–H and O–H groups in total. The van der Waals surface area contributed by atoms with Gasteiger partial charge in [-0.2, -0.15) is 4.31 Å². The summed E-state index contributed by atoms with van der Waals surface area (Å²) < 4.78 is 34.7. The van der Waals surface area contributed by atoms with Crippen molar-refractivity contribution in [2.75, 3.05) is 44.7 Å². The Morgan fingerprint density at radius 1 is 1.00 bits per heavy atom. The number of likely N-dealkylation sites (N-methyl/N-ethyl adjacent to an activating group) is 1. The van der Waals surface area contributed by atoms with E-state index in [0.29, 0.717) is 43.3 Å². The van der Waals surface area contributed by atoms with Gasteiger partial charge in [-0.05, 0) is 73.1 Å². The molecule has 0 unspecified atom stereocenters. The van der Waals surface area contributed by atoms with Crippen LogP contribution in [-0.4, -0.2) is 68.3 Å². The van der Waals surface area contributed by atoms with Crippen molar-refractivity contribution in [1.29, 1.82) is 0 Å². The number of benzene rings is 3. The van der Waals surface area contributed by atoms with Crippen LogP contribution < -0.4 is 9.64 Å². The van der Waals surface area contributed by atoms with Crippen LogP contribution >= 0.6 is 23.7 Å². The van der Waals surface area contributed by atoms with E-state index in [2.05, 4.69) is 18.7 Å². The lowest BCUT2D eigenvalue weighted by Crippen LogP contribution is -2.39. The van der Waals surface area contributed by atoms with Crippen LogP contribution in [0.15, 0.2) is 71.6 Å². The van der Waals surface area contributed by atoms with Crippen LogP contribution in [0.25, 0.3) is 10.2 Å².